The van der Waals surface area contributed by atoms with E-state index in [1.54, 1.807) is 89.3 Å². The number of carbonyl (C=O) groups is 10. The highest BCUT2D eigenvalue weighted by molar-refractivity contribution is 8.13. The molecular formula is C50H99ClN6O23S5. The third-order valence-corrected chi connectivity index (χ3v) is 11.1. The van der Waals surface area contributed by atoms with Gasteiger partial charge in [0.25, 0.3) is 10.1 Å². The van der Waals surface area contributed by atoms with E-state index in [1.165, 1.54) is 6.92 Å². The molecule has 0 aliphatic rings. The van der Waals surface area contributed by atoms with Crippen molar-refractivity contribution in [1.29, 1.82) is 0 Å². The smallest absolute Gasteiger partial charge is 0.408 e. The third-order valence-electron chi connectivity index (χ3n) is 8.29. The minimum absolute atomic E-state index is 0. The van der Waals surface area contributed by atoms with Crippen molar-refractivity contribution in [3.63, 3.8) is 0 Å². The molecule has 0 spiro atoms. The molecule has 0 aromatic carbocycles. The zero-order valence-corrected chi connectivity index (χ0v) is 57.0. The second-order valence-corrected chi connectivity index (χ2v) is 25.8. The van der Waals surface area contributed by atoms with E-state index in [9.17, 15) is 56.4 Å². The van der Waals surface area contributed by atoms with E-state index < -0.39 is 118 Å². The molecule has 6 atom stereocenters. The van der Waals surface area contributed by atoms with Crippen molar-refractivity contribution in [3.8, 4) is 0 Å². The van der Waals surface area contributed by atoms with E-state index in [-0.39, 0.29) is 54.5 Å². The van der Waals surface area contributed by atoms with E-state index in [0.29, 0.717) is 31.4 Å². The van der Waals surface area contributed by atoms with Crippen LogP contribution in [-0.4, -0.2) is 208 Å². The van der Waals surface area contributed by atoms with Crippen LogP contribution >= 0.6 is 61.2 Å². The molecule has 4 amide bonds. The highest BCUT2D eigenvalue weighted by atomic mass is 35.5. The number of aliphatic hydroxyl groups excluding tert-OH is 2. The molecule has 0 aromatic rings. The Labute approximate surface area is 526 Å². The molecule has 504 valence electrons. The normalized spacial score (nSPS) is 13.0. The number of carboxylic acid groups (broad SMARTS) is 3. The monoisotopic (exact) mass is 1350 g/mol. The number of amides is 4. The molecule has 0 radical (unpaired) electrons. The molecule has 0 unspecified atom stereocenters. The summed E-state index contributed by atoms with van der Waals surface area (Å²) in [6.45, 7) is 23.9. The van der Waals surface area contributed by atoms with Gasteiger partial charge in [0.05, 0.1) is 45.5 Å². The fourth-order valence-corrected chi connectivity index (χ4v) is 6.70. The van der Waals surface area contributed by atoms with E-state index in [4.69, 9.17) is 55.9 Å². The number of esters is 1. The van der Waals surface area contributed by atoms with Gasteiger partial charge in [-0.15, -0.1) is 12.4 Å². The Bertz CT molecular complexity index is 2060. The zero-order valence-electron chi connectivity index (χ0n) is 51.9. The van der Waals surface area contributed by atoms with Gasteiger partial charge in [-0.3, -0.25) is 28.2 Å². The van der Waals surface area contributed by atoms with Gasteiger partial charge >= 0.3 is 48.3 Å². The summed E-state index contributed by atoms with van der Waals surface area (Å²) in [5.41, 5.74) is 7.86. The summed E-state index contributed by atoms with van der Waals surface area (Å²) in [5.74, 6) is -2.44. The summed E-state index contributed by atoms with van der Waals surface area (Å²) in [5, 5.41) is 51.7. The molecule has 0 saturated heterocycles. The number of rotatable bonds is 25. The zero-order chi connectivity index (χ0) is 67.4. The van der Waals surface area contributed by atoms with Crippen molar-refractivity contribution in [2.75, 3.05) is 56.7 Å². The second-order valence-electron chi connectivity index (χ2n) is 21.3. The molecule has 0 rings (SSSR count). The van der Waals surface area contributed by atoms with Gasteiger partial charge in [-0.05, 0) is 127 Å². The summed E-state index contributed by atoms with van der Waals surface area (Å²) in [4.78, 5) is 109. The molecular weight excluding hydrogens is 1250 g/mol. The Hall–Kier alpha value is -4.26. The van der Waals surface area contributed by atoms with E-state index in [0.717, 1.165) is 54.8 Å². The van der Waals surface area contributed by atoms with Crippen LogP contribution in [0.4, 0.5) is 19.2 Å². The number of carbonyl (C=O) groups excluding carboxylic acids is 7. The van der Waals surface area contributed by atoms with Gasteiger partial charge < -0.3 is 82.0 Å². The summed E-state index contributed by atoms with van der Waals surface area (Å²) >= 11 is 10.2. The number of methoxy groups -OCH3 is 1. The number of hydrogen-bond donors (Lipinski definition) is 13. The van der Waals surface area contributed by atoms with Crippen LogP contribution in [0.2, 0.25) is 0 Å². The number of aliphatic carboxylic acids is 3. The van der Waals surface area contributed by atoms with Crippen LogP contribution in [0.1, 0.15) is 142 Å². The van der Waals surface area contributed by atoms with E-state index in [2.05, 4.69) is 55.4 Å². The van der Waals surface area contributed by atoms with Crippen LogP contribution in [0.3, 0.4) is 0 Å². The first-order valence-electron chi connectivity index (χ1n) is 25.8. The molecule has 0 aromatic heterocycles. The van der Waals surface area contributed by atoms with Crippen LogP contribution in [0.5, 0.6) is 0 Å². The number of nitrogens with two attached hydrogens (primary N) is 2. The minimum Gasteiger partial charge on any atom is -0.481 e. The molecule has 13 N–H and O–H groups in total. The van der Waals surface area contributed by atoms with Gasteiger partial charge in [0.2, 0.25) is 5.12 Å². The first-order chi connectivity index (χ1) is 38.1. The maximum absolute atomic E-state index is 11.7. The molecule has 29 nitrogen and oxygen atoms in total. The lowest BCUT2D eigenvalue weighted by molar-refractivity contribution is -0.148. The summed E-state index contributed by atoms with van der Waals surface area (Å²) in [6.07, 6.45) is 1.77. The number of halogens is 1. The maximum Gasteiger partial charge on any atom is 0.408 e. The highest BCUT2D eigenvalue weighted by Crippen LogP contribution is 2.14. The predicted octanol–water partition coefficient (Wildman–Crippen LogP) is 4.74. The Kier molecular flexibility index (Phi) is 56.3. The van der Waals surface area contributed by atoms with Gasteiger partial charge in [0.1, 0.15) is 40.5 Å². The van der Waals surface area contributed by atoms with Crippen molar-refractivity contribution in [1.82, 2.24) is 21.3 Å². The van der Waals surface area contributed by atoms with E-state index >= 15 is 0 Å². The molecule has 85 heavy (non-hydrogen) atoms. The summed E-state index contributed by atoms with van der Waals surface area (Å²) in [7, 11) is -2.32. The summed E-state index contributed by atoms with van der Waals surface area (Å²) in [6, 6.07) is -3.55. The quantitative estimate of drug-likeness (QED) is 0.0254. The number of ether oxygens (including phenoxy) is 5. The van der Waals surface area contributed by atoms with Gasteiger partial charge in [0.15, 0.2) is 5.12 Å². The van der Waals surface area contributed by atoms with Crippen molar-refractivity contribution in [2.24, 2.45) is 11.5 Å². The second kappa shape index (κ2) is 50.7. The van der Waals surface area contributed by atoms with Crippen molar-refractivity contribution in [2.45, 2.75) is 201 Å². The van der Waals surface area contributed by atoms with Gasteiger partial charge in [-0.25, -0.2) is 24.0 Å². The SMILES string of the molecule is CC(C)(C)OC(=O)N[C@H](CO)CCO.CC[C@H](CCOS(C)(=O)=O)NC(=O)OC(C)(C)C.COC(=O)[C@H](CC(=O)O)NC(=O)OC(C)(C)C.CSC(=O)[C@H](CCSC(C)=O)NC(=O)OC(C)(C)C.Cl.N[C@@H](CC(=O)O)C(=O)O.N[C@H](CS)CCS. The number of alkyl carbamates (subject to hydrolysis) is 4. The standard InChI is InChI=1S/C12H21NO4S2.C11H23NO5S.C10H17NO6.C9H19NO4.C4H7NO4.C4H11NS2.ClH/c1-8(14)19-7-6-9(10(15)18-5)13-11(16)17-12(2,3)4;1-6-9(7-8-16-18(5,14)15)12-10(13)17-11(2,3)4;1-10(2,3)17-9(15)11-6(5-7(12)13)8(14)16-4;1-9(2,3)14-8(13)10-7(6-12)4-5-11;5-2(4(8)9)1-3(6)7;5-4(3-7)1-2-6;/h9H,6-7H2,1-5H3,(H,13,16);9H,6-8H2,1-5H3,(H,12,13);6H,5H2,1-4H3,(H,11,15)(H,12,13);7,11-12H,4-6H2,1-3H3,(H,10,13);2H,1,5H2,(H,6,7)(H,8,9);4,6-7H,1-3,5H2;1H/t2*9-;6-;7-;2-;4-;/m010000./s1. The first-order valence-corrected chi connectivity index (χ1v) is 31.1. The molecule has 0 heterocycles. The number of nitrogens with one attached hydrogen (secondary N) is 4. The highest BCUT2D eigenvalue weighted by Gasteiger charge is 2.28. The number of carboxylic acids is 3. The Morgan fingerprint density at radius 2 is 1.02 bits per heavy atom. The fourth-order valence-electron chi connectivity index (χ4n) is 4.69. The predicted molar refractivity (Wildman–Crippen MR) is 333 cm³/mol. The van der Waals surface area contributed by atoms with Crippen LogP contribution in [0.25, 0.3) is 0 Å². The van der Waals surface area contributed by atoms with Crippen molar-refractivity contribution >= 4 is 130 Å². The number of hydrogen-bond acceptors (Lipinski definition) is 26. The average Bonchev–Trinajstić information content (AvgIpc) is 3.30. The Balaban J connectivity index is -0.000000176. The van der Waals surface area contributed by atoms with Crippen molar-refractivity contribution < 1.29 is 110 Å². The van der Waals surface area contributed by atoms with Crippen LogP contribution in [0, 0.1) is 0 Å². The van der Waals surface area contributed by atoms with E-state index in [1.807, 2.05) is 6.92 Å². The fraction of sp³-hybridized carbons (Fsp3) is 0.800. The molecule has 35 heteroatoms. The molecule has 0 saturated carbocycles. The van der Waals surface area contributed by atoms with Gasteiger partial charge in [0, 0.05) is 37.1 Å². The van der Waals surface area contributed by atoms with Gasteiger partial charge in [-0.2, -0.15) is 33.7 Å². The third kappa shape index (κ3) is 73.9. The number of aliphatic hydroxyl groups is 2. The molecule has 0 aliphatic carbocycles. The lowest BCUT2D eigenvalue weighted by Crippen LogP contribution is -2.45. The number of thiol groups is 2. The largest absolute Gasteiger partial charge is 0.481 e. The lowest BCUT2D eigenvalue weighted by atomic mass is 10.1. The van der Waals surface area contributed by atoms with Gasteiger partial charge in [-0.1, -0.05) is 30.4 Å². The summed E-state index contributed by atoms with van der Waals surface area (Å²) < 4.78 is 50.6. The van der Waals surface area contributed by atoms with Crippen molar-refractivity contribution in [3.05, 3.63) is 0 Å². The van der Waals surface area contributed by atoms with Crippen LogP contribution in [-0.2, 0) is 66.8 Å². The minimum atomic E-state index is -3.43. The Morgan fingerprint density at radius 1 is 0.624 bits per heavy atom. The molecule has 0 fully saturated rings. The average molecular weight is 1350 g/mol. The lowest BCUT2D eigenvalue weighted by Gasteiger charge is -2.22. The molecule has 0 bridgehead atoms. The topological polar surface area (TPSA) is 462 Å². The Morgan fingerprint density at radius 3 is 1.29 bits per heavy atom. The van der Waals surface area contributed by atoms with Crippen LogP contribution < -0.4 is 32.7 Å². The van der Waals surface area contributed by atoms with Crippen LogP contribution in [0.15, 0.2) is 0 Å². The first kappa shape index (κ1) is 94.4. The number of thioether (sulfide) groups is 2. The maximum atomic E-state index is 11.7. The molecule has 0 aliphatic heterocycles.